The van der Waals surface area contributed by atoms with Crippen molar-refractivity contribution in [3.63, 3.8) is 0 Å². The second-order valence-corrected chi connectivity index (χ2v) is 6.74. The summed E-state index contributed by atoms with van der Waals surface area (Å²) in [5.41, 5.74) is 0. The van der Waals surface area contributed by atoms with Gasteiger partial charge < -0.3 is 10.1 Å². The van der Waals surface area contributed by atoms with Crippen LogP contribution >= 0.6 is 27.3 Å². The number of aryl methyl sites for hydroxylation is 1. The molecular weight excluding hydrogens is 298 g/mol. The van der Waals surface area contributed by atoms with Crippen molar-refractivity contribution in [2.75, 3.05) is 19.7 Å². The van der Waals surface area contributed by atoms with Crippen molar-refractivity contribution >= 4 is 27.3 Å². The zero-order valence-corrected chi connectivity index (χ0v) is 12.9. The summed E-state index contributed by atoms with van der Waals surface area (Å²) in [5.74, 6) is 0.631. The van der Waals surface area contributed by atoms with Gasteiger partial charge in [0.05, 0.1) is 6.10 Å². The molecule has 2 atom stereocenters. The van der Waals surface area contributed by atoms with Gasteiger partial charge in [0.15, 0.2) is 0 Å². The van der Waals surface area contributed by atoms with E-state index >= 15 is 0 Å². The molecule has 1 N–H and O–H groups in total. The molecule has 1 saturated heterocycles. The highest BCUT2D eigenvalue weighted by Crippen LogP contribution is 2.40. The van der Waals surface area contributed by atoms with Gasteiger partial charge in [0.2, 0.25) is 0 Å². The van der Waals surface area contributed by atoms with E-state index in [9.17, 15) is 0 Å². The highest BCUT2D eigenvalue weighted by atomic mass is 79.9. The zero-order chi connectivity index (χ0) is 12.3. The fourth-order valence-electron chi connectivity index (χ4n) is 2.24. The predicted molar refractivity (Wildman–Crippen MR) is 76.7 cm³/mol. The van der Waals surface area contributed by atoms with Crippen LogP contribution < -0.4 is 5.32 Å². The molecule has 1 aromatic rings. The number of rotatable bonds is 5. The second-order valence-electron chi connectivity index (χ2n) is 4.60. The summed E-state index contributed by atoms with van der Waals surface area (Å²) in [6.07, 6.45) is 2.67. The van der Waals surface area contributed by atoms with Crippen LogP contribution in [0.3, 0.4) is 0 Å². The van der Waals surface area contributed by atoms with Crippen LogP contribution in [0.1, 0.15) is 35.6 Å². The minimum Gasteiger partial charge on any atom is -0.372 e. The highest BCUT2D eigenvalue weighted by molar-refractivity contribution is 9.10. The Morgan fingerprint density at radius 3 is 3.06 bits per heavy atom. The van der Waals surface area contributed by atoms with Crippen molar-refractivity contribution < 1.29 is 4.74 Å². The standard InChI is InChI=1S/C13H20BrNOS/c1-3-5-15-8-10-4-6-16-13(10)12-7-11(14)9(2)17-12/h7,10,13,15H,3-6,8H2,1-2H3. The van der Waals surface area contributed by atoms with Gasteiger partial charge in [0.25, 0.3) is 0 Å². The Morgan fingerprint density at radius 1 is 1.59 bits per heavy atom. The van der Waals surface area contributed by atoms with Gasteiger partial charge in [-0.3, -0.25) is 0 Å². The monoisotopic (exact) mass is 317 g/mol. The van der Waals surface area contributed by atoms with E-state index in [1.54, 1.807) is 0 Å². The normalized spacial score (nSPS) is 24.4. The molecule has 0 spiro atoms. The van der Waals surface area contributed by atoms with E-state index in [0.717, 1.165) is 19.7 Å². The van der Waals surface area contributed by atoms with Crippen molar-refractivity contribution in [3.8, 4) is 0 Å². The fraction of sp³-hybridized carbons (Fsp3) is 0.692. The molecule has 0 amide bonds. The van der Waals surface area contributed by atoms with Gasteiger partial charge in [-0.05, 0) is 48.3 Å². The van der Waals surface area contributed by atoms with Crippen LogP contribution in [0.5, 0.6) is 0 Å². The van der Waals surface area contributed by atoms with Crippen molar-refractivity contribution in [1.82, 2.24) is 5.32 Å². The van der Waals surface area contributed by atoms with Crippen LogP contribution in [0.15, 0.2) is 10.5 Å². The van der Waals surface area contributed by atoms with Crippen molar-refractivity contribution in [2.45, 2.75) is 32.8 Å². The summed E-state index contributed by atoms with van der Waals surface area (Å²) in [7, 11) is 0. The van der Waals surface area contributed by atoms with Crippen LogP contribution in [0.2, 0.25) is 0 Å². The van der Waals surface area contributed by atoms with Gasteiger partial charge in [-0.2, -0.15) is 0 Å². The molecule has 2 unspecified atom stereocenters. The Morgan fingerprint density at radius 2 is 2.41 bits per heavy atom. The van der Waals surface area contributed by atoms with E-state index in [1.807, 2.05) is 11.3 Å². The number of nitrogens with one attached hydrogen (secondary N) is 1. The van der Waals surface area contributed by atoms with E-state index in [4.69, 9.17) is 4.74 Å². The Balaban J connectivity index is 1.98. The smallest absolute Gasteiger partial charge is 0.0958 e. The third kappa shape index (κ3) is 3.31. The molecule has 1 aliphatic rings. The average molecular weight is 318 g/mol. The van der Waals surface area contributed by atoms with Crippen LogP contribution in [0, 0.1) is 12.8 Å². The van der Waals surface area contributed by atoms with Gasteiger partial charge in [-0.15, -0.1) is 11.3 Å². The molecule has 96 valence electrons. The summed E-state index contributed by atoms with van der Waals surface area (Å²) in [6, 6.07) is 2.23. The first kappa shape index (κ1) is 13.5. The zero-order valence-electron chi connectivity index (χ0n) is 10.5. The molecule has 0 aromatic carbocycles. The number of hydrogen-bond acceptors (Lipinski definition) is 3. The summed E-state index contributed by atoms with van der Waals surface area (Å²) >= 11 is 5.44. The lowest BCUT2D eigenvalue weighted by Crippen LogP contribution is -2.25. The molecule has 2 heterocycles. The molecule has 1 aromatic heterocycles. The Labute approximate surface area is 116 Å². The van der Waals surface area contributed by atoms with Gasteiger partial charge in [-0.1, -0.05) is 6.92 Å². The maximum atomic E-state index is 5.90. The lowest BCUT2D eigenvalue weighted by Gasteiger charge is -2.17. The van der Waals surface area contributed by atoms with Gasteiger partial charge in [-0.25, -0.2) is 0 Å². The number of ether oxygens (including phenoxy) is 1. The maximum absolute atomic E-state index is 5.90. The summed E-state index contributed by atoms with van der Waals surface area (Å²) in [5, 5.41) is 3.51. The average Bonchev–Trinajstić information content (AvgIpc) is 2.87. The van der Waals surface area contributed by atoms with Crippen LogP contribution in [0.4, 0.5) is 0 Å². The van der Waals surface area contributed by atoms with Crippen molar-refractivity contribution in [1.29, 1.82) is 0 Å². The predicted octanol–water partition coefficient (Wildman–Crippen LogP) is 3.90. The molecule has 0 saturated carbocycles. The van der Waals surface area contributed by atoms with Crippen molar-refractivity contribution in [3.05, 3.63) is 20.3 Å². The lowest BCUT2D eigenvalue weighted by molar-refractivity contribution is 0.0934. The highest BCUT2D eigenvalue weighted by Gasteiger charge is 2.30. The summed E-state index contributed by atoms with van der Waals surface area (Å²) in [4.78, 5) is 2.71. The summed E-state index contributed by atoms with van der Waals surface area (Å²) < 4.78 is 7.12. The van der Waals surface area contributed by atoms with Crippen LogP contribution in [0.25, 0.3) is 0 Å². The van der Waals surface area contributed by atoms with E-state index in [1.165, 1.54) is 27.1 Å². The summed E-state index contributed by atoms with van der Waals surface area (Å²) in [6.45, 7) is 7.44. The number of halogens is 1. The second kappa shape index (κ2) is 6.32. The minimum absolute atomic E-state index is 0.300. The molecule has 0 aliphatic carbocycles. The lowest BCUT2D eigenvalue weighted by atomic mass is 10.0. The number of thiophene rings is 1. The molecule has 17 heavy (non-hydrogen) atoms. The molecule has 1 aliphatic heterocycles. The Hall–Kier alpha value is 0.1000. The molecule has 4 heteroatoms. The molecule has 1 fully saturated rings. The van der Waals surface area contributed by atoms with E-state index < -0.39 is 0 Å². The SMILES string of the molecule is CCCNCC1CCOC1c1cc(Br)c(C)s1. The quantitative estimate of drug-likeness (QED) is 0.832. The molecular formula is C13H20BrNOS. The first-order valence-corrected chi connectivity index (χ1v) is 7.91. The maximum Gasteiger partial charge on any atom is 0.0958 e. The Kier molecular flexibility index (Phi) is 5.03. The van der Waals surface area contributed by atoms with E-state index in [2.05, 4.69) is 41.2 Å². The third-order valence-electron chi connectivity index (χ3n) is 3.20. The van der Waals surface area contributed by atoms with Crippen molar-refractivity contribution in [2.24, 2.45) is 5.92 Å². The molecule has 2 nitrogen and oxygen atoms in total. The van der Waals surface area contributed by atoms with E-state index in [0.29, 0.717) is 12.0 Å². The third-order valence-corrected chi connectivity index (χ3v) is 5.40. The molecule has 0 radical (unpaired) electrons. The fourth-order valence-corrected chi connectivity index (χ4v) is 3.95. The minimum atomic E-state index is 0.300. The topological polar surface area (TPSA) is 21.3 Å². The van der Waals surface area contributed by atoms with Gasteiger partial charge in [0, 0.05) is 33.3 Å². The first-order valence-electron chi connectivity index (χ1n) is 6.30. The Bertz CT molecular complexity index is 347. The first-order chi connectivity index (χ1) is 8.22. The largest absolute Gasteiger partial charge is 0.372 e. The van der Waals surface area contributed by atoms with E-state index in [-0.39, 0.29) is 0 Å². The molecule has 2 rings (SSSR count). The molecule has 0 bridgehead atoms. The number of hydrogen-bond donors (Lipinski definition) is 1. The van der Waals surface area contributed by atoms with Gasteiger partial charge >= 0.3 is 0 Å². The van der Waals surface area contributed by atoms with Crippen LogP contribution in [-0.4, -0.2) is 19.7 Å². The van der Waals surface area contributed by atoms with Gasteiger partial charge in [0.1, 0.15) is 0 Å². The van der Waals surface area contributed by atoms with Crippen LogP contribution in [-0.2, 0) is 4.74 Å².